The monoisotopic (exact) mass is 1790 g/mol. The van der Waals surface area contributed by atoms with Crippen molar-refractivity contribution in [1.82, 2.24) is 93.0 Å². The van der Waals surface area contributed by atoms with Crippen LogP contribution < -0.4 is 81.4 Å². The lowest BCUT2D eigenvalue weighted by atomic mass is 10.0. The fraction of sp³-hybridized carbons (Fsp3) is 0.512. The molecular weight excluding hydrogens is 1680 g/mol. The normalized spacial score (nSPS) is 24.9. The number of guanidine groups is 1. The number of primary amides is 2. The number of aromatic amines is 2. The van der Waals surface area contributed by atoms with Crippen molar-refractivity contribution in [3.63, 3.8) is 0 Å². The third kappa shape index (κ3) is 27.7. The number of carbonyl (C=O) groups is 17. The van der Waals surface area contributed by atoms with Gasteiger partial charge < -0.3 is 136 Å². The summed E-state index contributed by atoms with van der Waals surface area (Å²) >= 11 is 0.747. The van der Waals surface area contributed by atoms with Crippen molar-refractivity contribution in [2.45, 2.75) is 182 Å². The van der Waals surface area contributed by atoms with E-state index in [-0.39, 0.29) is 76.6 Å². The van der Waals surface area contributed by atoms with E-state index in [1.54, 1.807) is 67.8 Å². The van der Waals surface area contributed by atoms with Crippen LogP contribution in [0.15, 0.2) is 85.2 Å². The summed E-state index contributed by atoms with van der Waals surface area (Å²) in [5.41, 5.74) is 25.5. The second-order valence-electron chi connectivity index (χ2n) is 31.5. The number of aromatic hydroxyl groups is 1. The molecule has 0 aliphatic carbocycles. The highest BCUT2D eigenvalue weighted by Crippen LogP contribution is 2.27. The predicted octanol–water partition coefficient (Wildman–Crippen LogP) is -7.16. The molecule has 690 valence electrons. The summed E-state index contributed by atoms with van der Waals surface area (Å²) in [6.07, 6.45) is -0.424. The number of para-hydroxylation sites is 2. The van der Waals surface area contributed by atoms with E-state index in [1.165, 1.54) is 52.3 Å². The van der Waals surface area contributed by atoms with Gasteiger partial charge in [0, 0.05) is 120 Å². The molecule has 3 fully saturated rings. The van der Waals surface area contributed by atoms with Crippen LogP contribution in [0.4, 0.5) is 0 Å². The van der Waals surface area contributed by atoms with Gasteiger partial charge in [0.25, 0.3) is 0 Å². The maximum Gasteiger partial charge on any atom is 0.246 e. The van der Waals surface area contributed by atoms with Gasteiger partial charge in [-0.2, -0.15) is 0 Å². The number of likely N-dealkylation sites (N-methyl/N-ethyl adjacent to an activating group) is 3. The minimum absolute atomic E-state index is 0.0162. The van der Waals surface area contributed by atoms with Gasteiger partial charge in [-0.25, -0.2) is 0 Å². The van der Waals surface area contributed by atoms with Crippen molar-refractivity contribution < 1.29 is 102 Å². The highest BCUT2D eigenvalue weighted by molar-refractivity contribution is 8.00. The van der Waals surface area contributed by atoms with Crippen molar-refractivity contribution in [2.24, 2.45) is 22.9 Å². The van der Waals surface area contributed by atoms with Crippen LogP contribution in [0, 0.1) is 5.41 Å². The largest absolute Gasteiger partial charge is 0.508 e. The Hall–Kier alpha value is -13.0. The molecule has 3 aromatic carbocycles. The minimum atomic E-state index is -1.90. The summed E-state index contributed by atoms with van der Waals surface area (Å²) in [4.78, 5) is 256. The molecule has 0 spiro atoms. The first-order valence-electron chi connectivity index (χ1n) is 41.5. The standard InChI is InChI=1S/C82H115N23O21S/c1-6-7-19-62-74(119)97-58(33-65(84)110)81(126)104-27-13-20-63(104)75(120)99-60(40-107)73(118)94-54(25-28-106)80(125)105-38-48(109)32-64(105)76(121)95-55(30-45-35-89-51-16-10-8-14-49(45)51)71(116)98-59(34-83)72(117)96-57(31-46-36-90-52-17-11-9-15-50(46)52)78(123)102(4)43(2)77(122)101(3)39-67(112)92-53(18-12-26-88-82(86)87)70(115)100-61(69(114)91-37-66(85)111)41-127-42-68(113)93-56(79(124)103(62)5)29-44-21-23-47(108)24-22-44/h8-11,14-17,21-24,35-36,43,48,53-64,89-90,106-109H,6-7,12-13,18-20,25-34,37-42,83H2,1-5H3,(H2,84,110)(H2,85,111)(H,91,114)(H,92,112)(H,93,113)(H,94,118)(H,95,121)(H,96,117)(H,97,119)(H,98,116)(H,99,120)(H,100,115)(H4,86,87,88)/t43-,48+,53-,54-,55-,56-,57-,58-,59-,60-,61?,62-,63-,64-/m0/s1. The number of aromatic nitrogens is 2. The second-order valence-corrected chi connectivity index (χ2v) is 32.5. The first kappa shape index (κ1) is 99.4. The van der Waals surface area contributed by atoms with E-state index in [0.29, 0.717) is 44.9 Å². The van der Waals surface area contributed by atoms with Crippen LogP contribution in [0.25, 0.3) is 21.8 Å². The molecule has 0 radical (unpaired) electrons. The maximum atomic E-state index is 15.1. The van der Waals surface area contributed by atoms with Gasteiger partial charge >= 0.3 is 0 Å². The Morgan fingerprint density at radius 2 is 1.11 bits per heavy atom. The number of aliphatic hydroxyl groups excluding tert-OH is 3. The number of nitrogens with one attached hydrogen (secondary N) is 14. The fourth-order valence-electron chi connectivity index (χ4n) is 15.2. The van der Waals surface area contributed by atoms with Crippen LogP contribution in [-0.4, -0.2) is 331 Å². The van der Waals surface area contributed by atoms with Crippen molar-refractivity contribution in [3.05, 3.63) is 102 Å². The van der Waals surface area contributed by atoms with Gasteiger partial charge in [0.1, 0.15) is 84.3 Å². The SMILES string of the molecule is CCCC[C@H]1C(=O)N[C@@H](CC(N)=O)C(=O)N2CCC[C@H]2C(=O)N[C@@H](CO)C(=O)N[C@@H](CCO)C(=O)N2C[C@H](O)C[C@H]2C(=O)N[C@@H](Cc2c[nH]c3ccccc23)C(=O)N[C@@H](CN)C(=O)N[C@@H](Cc2c[nH]c3ccccc23)C(=O)N(C)[C@@H](C)C(=O)N(C)CC(=O)N[C@@H](CCCNC(=N)N)C(=O)NC(C(=O)NCC(N)=O)CSCC(=O)N[C@@H](Cc2ccc(O)cc2)C(=O)N1C. The molecule has 3 aliphatic rings. The first-order chi connectivity index (χ1) is 60.4. The predicted molar refractivity (Wildman–Crippen MR) is 460 cm³/mol. The molecule has 26 N–H and O–H groups in total. The zero-order valence-corrected chi connectivity index (χ0v) is 71.9. The minimum Gasteiger partial charge on any atom is -0.508 e. The number of phenols is 1. The third-order valence-electron chi connectivity index (χ3n) is 22.1. The molecule has 127 heavy (non-hydrogen) atoms. The number of carbonyl (C=O) groups excluding carboxylic acids is 17. The number of hydrogen-bond acceptors (Lipinski definition) is 24. The Kier molecular flexibility index (Phi) is 37.1. The summed E-state index contributed by atoms with van der Waals surface area (Å²) in [6, 6.07) is -1.53. The first-order valence-corrected chi connectivity index (χ1v) is 42.7. The van der Waals surface area contributed by atoms with Gasteiger partial charge in [0.2, 0.25) is 100 Å². The van der Waals surface area contributed by atoms with Crippen molar-refractivity contribution >= 4 is 140 Å². The number of benzene rings is 3. The molecule has 0 bridgehead atoms. The Balaban J connectivity index is 1.15. The van der Waals surface area contributed by atoms with Gasteiger partial charge in [-0.3, -0.25) is 86.9 Å². The molecule has 2 aromatic heterocycles. The average molecular weight is 1790 g/mol. The van der Waals surface area contributed by atoms with Crippen molar-refractivity contribution in [2.75, 3.05) is 85.1 Å². The molecule has 1 unspecified atom stereocenters. The van der Waals surface area contributed by atoms with Crippen LogP contribution in [-0.2, 0) is 101 Å². The highest BCUT2D eigenvalue weighted by atomic mass is 32.2. The number of nitrogens with zero attached hydrogens (tertiary/aromatic N) is 5. The van der Waals surface area contributed by atoms with Gasteiger partial charge in [-0.1, -0.05) is 68.3 Å². The molecule has 3 saturated heterocycles. The Bertz CT molecular complexity index is 4820. The molecule has 5 heterocycles. The van der Waals surface area contributed by atoms with Crippen molar-refractivity contribution in [1.29, 1.82) is 5.41 Å². The number of thioether (sulfide) groups is 1. The van der Waals surface area contributed by atoms with Gasteiger partial charge in [-0.15, -0.1) is 11.8 Å². The summed E-state index contributed by atoms with van der Waals surface area (Å²) in [5, 5.41) is 79.4. The van der Waals surface area contributed by atoms with Crippen LogP contribution in [0.3, 0.4) is 0 Å². The molecule has 5 aromatic rings. The molecular formula is C82H115N23O21S. The van der Waals surface area contributed by atoms with E-state index < -0.39 is 261 Å². The molecule has 44 nitrogen and oxygen atoms in total. The zero-order valence-electron chi connectivity index (χ0n) is 71.1. The van der Waals surface area contributed by atoms with E-state index in [9.17, 15) is 87.5 Å². The number of amides is 17. The number of H-pyrrole nitrogens is 2. The zero-order chi connectivity index (χ0) is 93.0. The third-order valence-corrected chi connectivity index (χ3v) is 23.1. The van der Waals surface area contributed by atoms with Crippen LogP contribution in [0.5, 0.6) is 5.75 Å². The van der Waals surface area contributed by atoms with E-state index >= 15 is 14.4 Å². The fourth-order valence-corrected chi connectivity index (χ4v) is 16.0. The number of nitrogens with two attached hydrogens (primary N) is 4. The lowest BCUT2D eigenvalue weighted by Gasteiger charge is -2.33. The van der Waals surface area contributed by atoms with E-state index in [2.05, 4.69) is 68.5 Å². The van der Waals surface area contributed by atoms with Gasteiger partial charge in [0.15, 0.2) is 5.96 Å². The maximum absolute atomic E-state index is 15.1. The number of fused-ring (bicyclic) bond motifs is 4. The Labute approximate surface area is 734 Å². The molecule has 14 atom stereocenters. The highest BCUT2D eigenvalue weighted by Gasteiger charge is 2.46. The quantitative estimate of drug-likeness (QED) is 0.0174. The smallest absolute Gasteiger partial charge is 0.246 e. The molecule has 8 rings (SSSR count). The van der Waals surface area contributed by atoms with E-state index in [0.717, 1.165) is 36.3 Å². The van der Waals surface area contributed by atoms with Gasteiger partial charge in [-0.05, 0) is 86.4 Å². The average Bonchev–Trinajstić information content (AvgIpc) is 1.70. The van der Waals surface area contributed by atoms with Crippen LogP contribution in [0.1, 0.15) is 94.7 Å². The summed E-state index contributed by atoms with van der Waals surface area (Å²) in [7, 11) is 3.72. The summed E-state index contributed by atoms with van der Waals surface area (Å²) in [5.74, 6) is -18.5. The number of aliphatic hydroxyl groups is 3. The lowest BCUT2D eigenvalue weighted by Crippen LogP contribution is -2.62. The number of unbranched alkanes of at least 4 members (excludes halogenated alkanes) is 1. The summed E-state index contributed by atoms with van der Waals surface area (Å²) in [6.45, 7) is -1.69. The van der Waals surface area contributed by atoms with Crippen molar-refractivity contribution in [3.8, 4) is 5.75 Å². The molecule has 0 saturated carbocycles. The molecule has 3 aliphatic heterocycles. The van der Waals surface area contributed by atoms with E-state index in [1.807, 2.05) is 0 Å². The lowest BCUT2D eigenvalue weighted by molar-refractivity contribution is -0.146. The molecule has 45 heteroatoms. The van der Waals surface area contributed by atoms with Crippen LogP contribution >= 0.6 is 11.8 Å². The second kappa shape index (κ2) is 47.4. The Morgan fingerprint density at radius 1 is 0.559 bits per heavy atom. The topological polar surface area (TPSA) is 679 Å². The van der Waals surface area contributed by atoms with Gasteiger partial charge in [0.05, 0.1) is 38.0 Å². The summed E-state index contributed by atoms with van der Waals surface area (Å²) < 4.78 is 0. The van der Waals surface area contributed by atoms with Crippen LogP contribution in [0.2, 0.25) is 0 Å². The van der Waals surface area contributed by atoms with E-state index in [4.69, 9.17) is 28.3 Å². The molecule has 17 amide bonds. The number of hydrogen-bond donors (Lipinski definition) is 22. The number of phenolic OH excluding ortho intramolecular Hbond substituents is 1. The Morgan fingerprint density at radius 3 is 1.72 bits per heavy atom. The number of rotatable bonds is 22.